The minimum atomic E-state index is -0.0854. The second kappa shape index (κ2) is 8.62. The van der Waals surface area contributed by atoms with Crippen LogP contribution in [0, 0.1) is 5.92 Å². The van der Waals surface area contributed by atoms with E-state index in [1.54, 1.807) is 16.0 Å². The molecule has 136 valence electrons. The summed E-state index contributed by atoms with van der Waals surface area (Å²) in [5.41, 5.74) is 0. The van der Waals surface area contributed by atoms with Gasteiger partial charge in [-0.1, -0.05) is 0 Å². The van der Waals surface area contributed by atoms with Crippen molar-refractivity contribution >= 4 is 33.7 Å². The molecule has 1 aromatic heterocycles. The van der Waals surface area contributed by atoms with Crippen molar-refractivity contribution in [3.05, 3.63) is 22.8 Å². The number of anilines is 1. The maximum Gasteiger partial charge on any atom is 0.325 e. The number of nitrogens with one attached hydrogen (secondary N) is 1. The number of ether oxygens (including phenoxy) is 1. The standard InChI is InChI=1S/C17H23BrN4O3/c18-14-1-2-15(20-11-14)22(12-13-4-9-25-10-5-13)17(24)21-7-3-16(23)19-6-8-21/h1-2,11,13H,3-10,12H2,(H,19,23). The largest absolute Gasteiger partial charge is 0.381 e. The average Bonchev–Trinajstić information content (AvgIpc) is 2.85. The highest BCUT2D eigenvalue weighted by atomic mass is 79.9. The fourth-order valence-electron chi connectivity index (χ4n) is 3.11. The molecule has 25 heavy (non-hydrogen) atoms. The molecule has 1 N–H and O–H groups in total. The summed E-state index contributed by atoms with van der Waals surface area (Å²) in [5, 5.41) is 2.81. The minimum absolute atomic E-state index is 0.00644. The van der Waals surface area contributed by atoms with Gasteiger partial charge in [-0.2, -0.15) is 0 Å². The van der Waals surface area contributed by atoms with Crippen LogP contribution in [-0.2, 0) is 9.53 Å². The van der Waals surface area contributed by atoms with Gasteiger partial charge in [-0.15, -0.1) is 0 Å². The van der Waals surface area contributed by atoms with Gasteiger partial charge in [0, 0.05) is 56.5 Å². The van der Waals surface area contributed by atoms with Gasteiger partial charge in [0.15, 0.2) is 0 Å². The van der Waals surface area contributed by atoms with Crippen LogP contribution < -0.4 is 10.2 Å². The molecule has 0 radical (unpaired) electrons. The predicted octanol–water partition coefficient (Wildman–Crippen LogP) is 2.02. The third kappa shape index (κ3) is 4.92. The molecule has 0 atom stereocenters. The lowest BCUT2D eigenvalue weighted by Gasteiger charge is -2.33. The third-order valence-electron chi connectivity index (χ3n) is 4.58. The highest BCUT2D eigenvalue weighted by molar-refractivity contribution is 9.10. The molecule has 2 saturated heterocycles. The summed E-state index contributed by atoms with van der Waals surface area (Å²) in [7, 11) is 0. The van der Waals surface area contributed by atoms with E-state index in [0.29, 0.717) is 44.3 Å². The summed E-state index contributed by atoms with van der Waals surface area (Å²) in [6, 6.07) is 3.65. The van der Waals surface area contributed by atoms with Crippen LogP contribution in [0.2, 0.25) is 0 Å². The van der Waals surface area contributed by atoms with Gasteiger partial charge in [-0.05, 0) is 46.8 Å². The Labute approximate surface area is 155 Å². The molecule has 2 fully saturated rings. The van der Waals surface area contributed by atoms with Crippen molar-refractivity contribution in [1.29, 1.82) is 0 Å². The zero-order valence-electron chi connectivity index (χ0n) is 14.1. The molecule has 0 aromatic carbocycles. The Morgan fingerprint density at radius 2 is 2.16 bits per heavy atom. The van der Waals surface area contributed by atoms with E-state index in [4.69, 9.17) is 4.74 Å². The van der Waals surface area contributed by atoms with E-state index in [2.05, 4.69) is 26.2 Å². The van der Waals surface area contributed by atoms with Crippen LogP contribution in [-0.4, -0.2) is 61.2 Å². The van der Waals surface area contributed by atoms with Gasteiger partial charge in [-0.25, -0.2) is 9.78 Å². The van der Waals surface area contributed by atoms with Crippen LogP contribution in [0.3, 0.4) is 0 Å². The lowest BCUT2D eigenvalue weighted by Crippen LogP contribution is -2.47. The molecular weight excluding hydrogens is 388 g/mol. The van der Waals surface area contributed by atoms with E-state index in [9.17, 15) is 9.59 Å². The van der Waals surface area contributed by atoms with Gasteiger partial charge < -0.3 is 15.0 Å². The zero-order valence-corrected chi connectivity index (χ0v) is 15.7. The maximum atomic E-state index is 13.1. The summed E-state index contributed by atoms with van der Waals surface area (Å²) < 4.78 is 6.30. The van der Waals surface area contributed by atoms with Crippen LogP contribution in [0.25, 0.3) is 0 Å². The number of pyridine rings is 1. The molecule has 2 aliphatic rings. The van der Waals surface area contributed by atoms with Crippen molar-refractivity contribution in [2.75, 3.05) is 44.3 Å². The Bertz CT molecular complexity index is 604. The van der Waals surface area contributed by atoms with Gasteiger partial charge in [0.05, 0.1) is 0 Å². The summed E-state index contributed by atoms with van der Waals surface area (Å²) in [6.07, 6.45) is 3.93. The second-order valence-electron chi connectivity index (χ2n) is 6.37. The zero-order chi connectivity index (χ0) is 17.6. The first-order valence-electron chi connectivity index (χ1n) is 8.66. The number of aromatic nitrogens is 1. The third-order valence-corrected chi connectivity index (χ3v) is 5.05. The molecule has 2 aliphatic heterocycles. The fourth-order valence-corrected chi connectivity index (χ4v) is 3.35. The number of urea groups is 1. The molecule has 0 bridgehead atoms. The van der Waals surface area contributed by atoms with Gasteiger partial charge in [0.1, 0.15) is 5.82 Å². The topological polar surface area (TPSA) is 74.8 Å². The maximum absolute atomic E-state index is 13.1. The smallest absolute Gasteiger partial charge is 0.325 e. The number of halogens is 1. The molecule has 3 heterocycles. The number of hydrogen-bond acceptors (Lipinski definition) is 4. The van der Waals surface area contributed by atoms with Crippen LogP contribution in [0.4, 0.5) is 10.6 Å². The van der Waals surface area contributed by atoms with E-state index in [-0.39, 0.29) is 11.9 Å². The number of carbonyl (C=O) groups is 2. The van der Waals surface area contributed by atoms with E-state index in [0.717, 1.165) is 30.5 Å². The molecular formula is C17H23BrN4O3. The molecule has 7 nitrogen and oxygen atoms in total. The summed E-state index contributed by atoms with van der Waals surface area (Å²) in [4.78, 5) is 32.6. The fraction of sp³-hybridized carbons (Fsp3) is 0.588. The summed E-state index contributed by atoms with van der Waals surface area (Å²) in [5.74, 6) is 1.03. The predicted molar refractivity (Wildman–Crippen MR) is 97.4 cm³/mol. The Kier molecular flexibility index (Phi) is 6.25. The number of hydrogen-bond donors (Lipinski definition) is 1. The summed E-state index contributed by atoms with van der Waals surface area (Å²) >= 11 is 3.39. The van der Waals surface area contributed by atoms with Crippen LogP contribution in [0.5, 0.6) is 0 Å². The highest BCUT2D eigenvalue weighted by Crippen LogP contribution is 2.22. The van der Waals surface area contributed by atoms with E-state index in [1.165, 1.54) is 0 Å². The lowest BCUT2D eigenvalue weighted by atomic mass is 10.00. The number of rotatable bonds is 3. The first kappa shape index (κ1) is 18.1. The van der Waals surface area contributed by atoms with E-state index < -0.39 is 0 Å². The molecule has 1 aromatic rings. The molecule has 0 saturated carbocycles. The second-order valence-corrected chi connectivity index (χ2v) is 7.29. The minimum Gasteiger partial charge on any atom is -0.381 e. The molecule has 3 rings (SSSR count). The van der Waals surface area contributed by atoms with Gasteiger partial charge in [0.25, 0.3) is 0 Å². The Hall–Kier alpha value is -1.67. The Morgan fingerprint density at radius 3 is 2.88 bits per heavy atom. The molecule has 3 amide bonds. The molecule has 0 unspecified atom stereocenters. The molecule has 8 heteroatoms. The SMILES string of the molecule is O=C1CCN(C(=O)N(CC2CCOCC2)c2ccc(Br)cn2)CCN1. The molecule has 0 aliphatic carbocycles. The Balaban J connectivity index is 1.77. The summed E-state index contributed by atoms with van der Waals surface area (Å²) in [6.45, 7) is 3.54. The normalized spacial score (nSPS) is 19.2. The average molecular weight is 411 g/mol. The van der Waals surface area contributed by atoms with Gasteiger partial charge >= 0.3 is 6.03 Å². The van der Waals surface area contributed by atoms with Crippen molar-refractivity contribution < 1.29 is 14.3 Å². The Morgan fingerprint density at radius 1 is 1.36 bits per heavy atom. The van der Waals surface area contributed by atoms with E-state index >= 15 is 0 Å². The van der Waals surface area contributed by atoms with Gasteiger partial charge in [-0.3, -0.25) is 9.69 Å². The van der Waals surface area contributed by atoms with Crippen LogP contribution in [0.1, 0.15) is 19.3 Å². The van der Waals surface area contributed by atoms with E-state index in [1.807, 2.05) is 12.1 Å². The number of nitrogens with zero attached hydrogens (tertiary/aromatic N) is 3. The van der Waals surface area contributed by atoms with Crippen LogP contribution >= 0.6 is 15.9 Å². The highest BCUT2D eigenvalue weighted by Gasteiger charge is 2.28. The van der Waals surface area contributed by atoms with Gasteiger partial charge in [0.2, 0.25) is 5.91 Å². The van der Waals surface area contributed by atoms with Crippen molar-refractivity contribution in [2.45, 2.75) is 19.3 Å². The van der Waals surface area contributed by atoms with Crippen molar-refractivity contribution in [3.63, 3.8) is 0 Å². The monoisotopic (exact) mass is 410 g/mol. The number of amides is 3. The number of carbonyl (C=O) groups excluding carboxylic acids is 2. The van der Waals surface area contributed by atoms with Crippen LogP contribution in [0.15, 0.2) is 22.8 Å². The van der Waals surface area contributed by atoms with Crippen molar-refractivity contribution in [3.8, 4) is 0 Å². The first-order valence-corrected chi connectivity index (χ1v) is 9.45. The lowest BCUT2D eigenvalue weighted by molar-refractivity contribution is -0.120. The van der Waals surface area contributed by atoms with Crippen molar-refractivity contribution in [2.24, 2.45) is 5.92 Å². The quantitative estimate of drug-likeness (QED) is 0.826. The molecule has 0 spiro atoms. The van der Waals surface area contributed by atoms with Crippen molar-refractivity contribution in [1.82, 2.24) is 15.2 Å². The first-order chi connectivity index (χ1) is 12.1.